The Morgan fingerprint density at radius 1 is 1.35 bits per heavy atom. The third-order valence-corrected chi connectivity index (χ3v) is 2.36. The van der Waals surface area contributed by atoms with Crippen LogP contribution in [0.15, 0.2) is 18.2 Å². The topological polar surface area (TPSA) is 91.7 Å². The molecule has 5 nitrogen and oxygen atoms in total. The molecule has 0 heterocycles. The quantitative estimate of drug-likeness (QED) is 0.711. The minimum Gasteiger partial charge on any atom is -0.479 e. The van der Waals surface area contributed by atoms with Gasteiger partial charge in [0.15, 0.2) is 6.10 Å². The second kappa shape index (κ2) is 5.91. The highest BCUT2D eigenvalue weighted by Crippen LogP contribution is 2.19. The molecule has 5 heteroatoms. The normalized spacial score (nSPS) is 11.8. The summed E-state index contributed by atoms with van der Waals surface area (Å²) in [6, 6.07) is 4.47. The summed E-state index contributed by atoms with van der Waals surface area (Å²) in [5, 5.41) is 18.0. The van der Waals surface area contributed by atoms with Crippen molar-refractivity contribution in [3.05, 3.63) is 34.9 Å². The van der Waals surface area contributed by atoms with Crippen molar-refractivity contribution in [3.63, 3.8) is 0 Å². The molecule has 0 amide bonds. The number of carbonyl (C=O) groups is 3. The fourth-order valence-electron chi connectivity index (χ4n) is 1.49. The number of hydrogen-bond donors (Lipinski definition) is 2. The van der Waals surface area contributed by atoms with E-state index in [1.807, 2.05) is 0 Å². The zero-order valence-electron chi connectivity index (χ0n) is 9.00. The maximum atomic E-state index is 10.8. The summed E-state index contributed by atoms with van der Waals surface area (Å²) < 4.78 is 0. The lowest BCUT2D eigenvalue weighted by Gasteiger charge is -2.10. The first kappa shape index (κ1) is 13.1. The van der Waals surface area contributed by atoms with E-state index in [-0.39, 0.29) is 11.1 Å². The second-order valence-electron chi connectivity index (χ2n) is 3.53. The monoisotopic (exact) mass is 236 g/mol. The largest absolute Gasteiger partial charge is 0.479 e. The molecule has 0 radical (unpaired) electrons. The molecule has 0 aliphatic rings. The first-order valence-electron chi connectivity index (χ1n) is 5.02. The van der Waals surface area contributed by atoms with Crippen molar-refractivity contribution in [2.75, 3.05) is 0 Å². The molecule has 1 atom stereocenters. The number of aryl methyl sites for hydroxylation is 1. The maximum absolute atomic E-state index is 10.8. The molecule has 1 rings (SSSR count). The van der Waals surface area contributed by atoms with E-state index in [4.69, 9.17) is 5.11 Å². The molecule has 2 N–H and O–H groups in total. The summed E-state index contributed by atoms with van der Waals surface area (Å²) in [6.07, 6.45) is 0.356. The first-order chi connectivity index (χ1) is 8.10. The van der Waals surface area contributed by atoms with Crippen LogP contribution in [0.2, 0.25) is 0 Å². The highest BCUT2D eigenvalue weighted by Gasteiger charge is 2.19. The van der Waals surface area contributed by atoms with Crippen LogP contribution < -0.4 is 0 Å². The van der Waals surface area contributed by atoms with Gasteiger partial charge < -0.3 is 15.0 Å². The van der Waals surface area contributed by atoms with Gasteiger partial charge in [-0.05, 0) is 18.1 Å². The van der Waals surface area contributed by atoms with Crippen LogP contribution in [0.5, 0.6) is 0 Å². The minimum absolute atomic E-state index is 0.0577. The van der Waals surface area contributed by atoms with E-state index in [0.717, 1.165) is 11.8 Å². The summed E-state index contributed by atoms with van der Waals surface area (Å²) in [5.41, 5.74) is 0.936. The summed E-state index contributed by atoms with van der Waals surface area (Å²) in [5.74, 6) is -1.41. The van der Waals surface area contributed by atoms with Gasteiger partial charge in [0.1, 0.15) is 12.6 Å². The average molecular weight is 236 g/mol. The van der Waals surface area contributed by atoms with Crippen molar-refractivity contribution in [1.82, 2.24) is 0 Å². The van der Waals surface area contributed by atoms with E-state index >= 15 is 0 Å². The Morgan fingerprint density at radius 3 is 2.59 bits per heavy atom. The molecule has 0 spiro atoms. The summed E-state index contributed by atoms with van der Waals surface area (Å²) >= 11 is 0. The Labute approximate surface area is 97.7 Å². The summed E-state index contributed by atoms with van der Waals surface area (Å²) in [7, 11) is 0. The number of aliphatic hydroxyl groups excluding tert-OH is 1. The molecule has 0 aliphatic carbocycles. The summed E-state index contributed by atoms with van der Waals surface area (Å²) in [4.78, 5) is 31.6. The van der Waals surface area contributed by atoms with Gasteiger partial charge in [0, 0.05) is 17.5 Å². The van der Waals surface area contributed by atoms with Gasteiger partial charge in [-0.25, -0.2) is 4.79 Å². The molecule has 1 unspecified atom stereocenters. The van der Waals surface area contributed by atoms with Gasteiger partial charge in [0.05, 0.1) is 0 Å². The molecule has 0 saturated carbocycles. The molecule has 1 aromatic rings. The van der Waals surface area contributed by atoms with Gasteiger partial charge >= 0.3 is 5.97 Å². The van der Waals surface area contributed by atoms with E-state index in [1.54, 1.807) is 6.07 Å². The van der Waals surface area contributed by atoms with E-state index in [2.05, 4.69) is 0 Å². The van der Waals surface area contributed by atoms with Crippen molar-refractivity contribution in [1.29, 1.82) is 0 Å². The van der Waals surface area contributed by atoms with Crippen LogP contribution in [-0.4, -0.2) is 28.8 Å². The first-order valence-corrected chi connectivity index (χ1v) is 5.02. The Kier molecular flexibility index (Phi) is 4.54. The van der Waals surface area contributed by atoms with Gasteiger partial charge in [0.25, 0.3) is 0 Å². The highest BCUT2D eigenvalue weighted by atomic mass is 16.4. The number of carboxylic acids is 1. The molecule has 0 saturated heterocycles. The van der Waals surface area contributed by atoms with Gasteiger partial charge in [-0.2, -0.15) is 0 Å². The molecule has 0 fully saturated rings. The molecular formula is C12H12O5. The number of hydrogen-bond acceptors (Lipinski definition) is 4. The van der Waals surface area contributed by atoms with Crippen LogP contribution in [0.1, 0.15) is 34.0 Å². The zero-order valence-corrected chi connectivity index (χ0v) is 9.00. The van der Waals surface area contributed by atoms with Crippen LogP contribution in [0, 0.1) is 0 Å². The Balaban J connectivity index is 3.04. The van der Waals surface area contributed by atoms with Crippen LogP contribution in [0.3, 0.4) is 0 Å². The summed E-state index contributed by atoms with van der Waals surface area (Å²) in [6.45, 7) is 0. The SMILES string of the molecule is O=CCCc1ccc(C(O)C(=O)O)c(C=O)c1. The average Bonchev–Trinajstić information content (AvgIpc) is 2.34. The van der Waals surface area contributed by atoms with Crippen molar-refractivity contribution in [3.8, 4) is 0 Å². The molecule has 90 valence electrons. The van der Waals surface area contributed by atoms with Crippen LogP contribution in [-0.2, 0) is 16.0 Å². The van der Waals surface area contributed by atoms with Gasteiger partial charge in [-0.3, -0.25) is 4.79 Å². The highest BCUT2D eigenvalue weighted by molar-refractivity contribution is 5.83. The standard InChI is InChI=1S/C12H12O5/c13-5-1-2-8-3-4-10(9(6-8)7-14)11(15)12(16)17/h3-7,11,15H,1-2H2,(H,16,17). The van der Waals surface area contributed by atoms with Crippen LogP contribution in [0.4, 0.5) is 0 Å². The number of carboxylic acid groups (broad SMARTS) is 1. The lowest BCUT2D eigenvalue weighted by atomic mass is 9.98. The molecule has 1 aromatic carbocycles. The molecule has 17 heavy (non-hydrogen) atoms. The Morgan fingerprint density at radius 2 is 2.06 bits per heavy atom. The lowest BCUT2D eigenvalue weighted by molar-refractivity contribution is -0.146. The van der Waals surface area contributed by atoms with Crippen molar-refractivity contribution in [2.24, 2.45) is 0 Å². The molecular weight excluding hydrogens is 224 g/mol. The molecule has 0 aromatic heterocycles. The predicted octanol–water partition coefficient (Wildman–Crippen LogP) is 0.749. The number of aliphatic hydroxyl groups is 1. The molecule has 0 aliphatic heterocycles. The smallest absolute Gasteiger partial charge is 0.337 e. The number of aldehydes is 2. The Hall–Kier alpha value is -2.01. The number of benzene rings is 1. The van der Waals surface area contributed by atoms with Crippen LogP contribution >= 0.6 is 0 Å². The number of carbonyl (C=O) groups excluding carboxylic acids is 2. The second-order valence-corrected chi connectivity index (χ2v) is 3.53. The zero-order chi connectivity index (χ0) is 12.8. The van der Waals surface area contributed by atoms with Crippen molar-refractivity contribution < 1.29 is 24.6 Å². The van der Waals surface area contributed by atoms with Gasteiger partial charge in [-0.1, -0.05) is 12.1 Å². The predicted molar refractivity (Wildman–Crippen MR) is 58.8 cm³/mol. The third-order valence-electron chi connectivity index (χ3n) is 2.36. The molecule has 0 bridgehead atoms. The van der Waals surface area contributed by atoms with Gasteiger partial charge in [0.2, 0.25) is 0 Å². The van der Waals surface area contributed by atoms with Crippen molar-refractivity contribution in [2.45, 2.75) is 18.9 Å². The fourth-order valence-corrected chi connectivity index (χ4v) is 1.49. The number of rotatable bonds is 6. The fraction of sp³-hybridized carbons (Fsp3) is 0.250. The minimum atomic E-state index is -1.71. The van der Waals surface area contributed by atoms with E-state index in [0.29, 0.717) is 19.1 Å². The van der Waals surface area contributed by atoms with Crippen molar-refractivity contribution >= 4 is 18.5 Å². The Bertz CT molecular complexity index is 439. The van der Waals surface area contributed by atoms with E-state index in [1.165, 1.54) is 12.1 Å². The van der Waals surface area contributed by atoms with Crippen LogP contribution in [0.25, 0.3) is 0 Å². The number of aliphatic carboxylic acids is 1. The third kappa shape index (κ3) is 3.22. The van der Waals surface area contributed by atoms with Gasteiger partial charge in [-0.15, -0.1) is 0 Å². The van der Waals surface area contributed by atoms with E-state index < -0.39 is 12.1 Å². The maximum Gasteiger partial charge on any atom is 0.337 e. The lowest BCUT2D eigenvalue weighted by Crippen LogP contribution is -2.12. The van der Waals surface area contributed by atoms with E-state index in [9.17, 15) is 19.5 Å².